The van der Waals surface area contributed by atoms with Gasteiger partial charge in [0.25, 0.3) is 0 Å². The highest BCUT2D eigenvalue weighted by Crippen LogP contribution is 2.19. The molecular formula is C18H21NO4S. The fourth-order valence-electron chi connectivity index (χ4n) is 1.93. The molecule has 0 saturated carbocycles. The van der Waals surface area contributed by atoms with Crippen molar-refractivity contribution < 1.29 is 19.0 Å². The number of carbonyl (C=O) groups is 1. The van der Waals surface area contributed by atoms with E-state index in [-0.39, 0.29) is 19.2 Å². The largest absolute Gasteiger partial charge is 0.494 e. The van der Waals surface area contributed by atoms with Crippen molar-refractivity contribution in [3.63, 3.8) is 0 Å². The van der Waals surface area contributed by atoms with Gasteiger partial charge in [0.05, 0.1) is 12.2 Å². The molecule has 0 bridgehead atoms. The minimum absolute atomic E-state index is 0.176. The van der Waals surface area contributed by atoms with E-state index in [1.165, 1.54) is 11.8 Å². The first-order chi connectivity index (χ1) is 11.7. The Balaban J connectivity index is 1.75. The van der Waals surface area contributed by atoms with E-state index in [1.54, 1.807) is 18.3 Å². The minimum Gasteiger partial charge on any atom is -0.494 e. The van der Waals surface area contributed by atoms with Crippen molar-refractivity contribution in [2.45, 2.75) is 18.4 Å². The van der Waals surface area contributed by atoms with E-state index in [0.717, 1.165) is 12.2 Å². The van der Waals surface area contributed by atoms with Gasteiger partial charge in [-0.25, -0.2) is 9.78 Å². The summed E-state index contributed by atoms with van der Waals surface area (Å²) in [5.74, 6) is 1.14. The highest BCUT2D eigenvalue weighted by Gasteiger charge is 2.12. The van der Waals surface area contributed by atoms with Crippen LogP contribution in [0.25, 0.3) is 0 Å². The third-order valence-corrected chi connectivity index (χ3v) is 3.78. The zero-order valence-electron chi connectivity index (χ0n) is 13.9. The zero-order chi connectivity index (χ0) is 17.2. The van der Waals surface area contributed by atoms with Crippen LogP contribution in [0, 0.1) is 0 Å². The van der Waals surface area contributed by atoms with Crippen molar-refractivity contribution in [2.24, 2.45) is 0 Å². The zero-order valence-corrected chi connectivity index (χ0v) is 14.7. The molecule has 0 unspecified atom stereocenters. The monoisotopic (exact) mass is 347 g/mol. The number of hydrogen-bond acceptors (Lipinski definition) is 6. The molecular weight excluding hydrogens is 326 g/mol. The predicted octanol–water partition coefficient (Wildman–Crippen LogP) is 3.83. The summed E-state index contributed by atoms with van der Waals surface area (Å²) in [6, 6.07) is 10.8. The average Bonchev–Trinajstić information content (AvgIpc) is 2.64. The molecule has 6 heteroatoms. The van der Waals surface area contributed by atoms with Gasteiger partial charge in [0.15, 0.2) is 0 Å². The minimum atomic E-state index is -0.389. The number of carbonyl (C=O) groups excluding carboxylic acids is 1. The first-order valence-electron chi connectivity index (χ1n) is 7.76. The van der Waals surface area contributed by atoms with Gasteiger partial charge in [0, 0.05) is 6.20 Å². The van der Waals surface area contributed by atoms with Gasteiger partial charge in [-0.3, -0.25) is 0 Å². The molecule has 24 heavy (non-hydrogen) atoms. The smallest absolute Gasteiger partial charge is 0.341 e. The number of thioether (sulfide) groups is 1. The first-order valence-corrected chi connectivity index (χ1v) is 8.99. The normalized spacial score (nSPS) is 10.2. The highest BCUT2D eigenvalue weighted by atomic mass is 32.2. The van der Waals surface area contributed by atoms with E-state index in [9.17, 15) is 4.79 Å². The molecule has 1 heterocycles. The molecule has 2 aromatic rings. The number of nitrogens with zero attached hydrogens (tertiary/aromatic N) is 1. The Kier molecular flexibility index (Phi) is 7.42. The number of ether oxygens (including phenoxy) is 3. The lowest BCUT2D eigenvalue weighted by atomic mass is 10.3. The number of aromatic nitrogens is 1. The number of rotatable bonds is 9. The van der Waals surface area contributed by atoms with Crippen LogP contribution in [-0.2, 0) is 4.74 Å². The standard InChI is InChI=1S/C18H21NO4S/c1-3-11-21-14-6-8-15(9-7-14)22-12-13-23-18(20)16-5-4-10-19-17(16)24-2/h4-10H,3,11-13H2,1-2H3. The fourth-order valence-corrected chi connectivity index (χ4v) is 2.47. The van der Waals surface area contributed by atoms with Gasteiger partial charge in [0.2, 0.25) is 0 Å². The summed E-state index contributed by atoms with van der Waals surface area (Å²) in [7, 11) is 0. The quantitative estimate of drug-likeness (QED) is 0.390. The van der Waals surface area contributed by atoms with Crippen LogP contribution in [0.3, 0.4) is 0 Å². The second-order valence-electron chi connectivity index (χ2n) is 4.86. The van der Waals surface area contributed by atoms with E-state index < -0.39 is 0 Å². The second-order valence-corrected chi connectivity index (χ2v) is 5.66. The van der Waals surface area contributed by atoms with E-state index in [1.807, 2.05) is 30.5 Å². The molecule has 0 N–H and O–H groups in total. The molecule has 2 rings (SSSR count). The molecule has 0 spiro atoms. The van der Waals surface area contributed by atoms with Gasteiger partial charge in [-0.2, -0.15) is 0 Å². The fraction of sp³-hybridized carbons (Fsp3) is 0.333. The summed E-state index contributed by atoms with van der Waals surface area (Å²) in [5, 5.41) is 0.658. The third kappa shape index (κ3) is 5.45. The average molecular weight is 347 g/mol. The number of pyridine rings is 1. The number of benzene rings is 1. The third-order valence-electron chi connectivity index (χ3n) is 3.07. The molecule has 0 radical (unpaired) electrons. The van der Waals surface area contributed by atoms with Gasteiger partial charge in [0.1, 0.15) is 29.7 Å². The van der Waals surface area contributed by atoms with Crippen LogP contribution in [0.4, 0.5) is 0 Å². The van der Waals surface area contributed by atoms with E-state index in [0.29, 0.717) is 22.9 Å². The van der Waals surface area contributed by atoms with Crippen molar-refractivity contribution >= 4 is 17.7 Å². The summed E-state index contributed by atoms with van der Waals surface area (Å²) in [4.78, 5) is 16.2. The molecule has 0 aliphatic heterocycles. The Bertz CT molecular complexity index is 646. The van der Waals surface area contributed by atoms with Crippen molar-refractivity contribution in [1.82, 2.24) is 4.98 Å². The van der Waals surface area contributed by atoms with Gasteiger partial charge in [-0.05, 0) is 49.1 Å². The molecule has 0 amide bonds. The Morgan fingerprint density at radius 1 is 1.04 bits per heavy atom. The van der Waals surface area contributed by atoms with Crippen LogP contribution in [0.5, 0.6) is 11.5 Å². The molecule has 1 aromatic heterocycles. The van der Waals surface area contributed by atoms with Crippen molar-refractivity contribution in [2.75, 3.05) is 26.1 Å². The van der Waals surface area contributed by atoms with Crippen LogP contribution >= 0.6 is 11.8 Å². The van der Waals surface area contributed by atoms with E-state index in [2.05, 4.69) is 11.9 Å². The summed E-state index contributed by atoms with van der Waals surface area (Å²) in [6.45, 7) is 3.22. The molecule has 0 saturated heterocycles. The first kappa shape index (κ1) is 18.1. The van der Waals surface area contributed by atoms with Crippen LogP contribution in [0.15, 0.2) is 47.6 Å². The Morgan fingerprint density at radius 2 is 1.71 bits per heavy atom. The van der Waals surface area contributed by atoms with Gasteiger partial charge in [-0.1, -0.05) is 6.92 Å². The molecule has 1 aromatic carbocycles. The van der Waals surface area contributed by atoms with Crippen molar-refractivity contribution in [1.29, 1.82) is 0 Å². The molecule has 128 valence electrons. The maximum absolute atomic E-state index is 12.0. The highest BCUT2D eigenvalue weighted by molar-refractivity contribution is 7.98. The van der Waals surface area contributed by atoms with Crippen molar-refractivity contribution in [3.05, 3.63) is 48.2 Å². The lowest BCUT2D eigenvalue weighted by Crippen LogP contribution is -2.13. The Hall–Kier alpha value is -2.21. The molecule has 0 aliphatic rings. The predicted molar refractivity (Wildman–Crippen MR) is 94.0 cm³/mol. The van der Waals surface area contributed by atoms with E-state index in [4.69, 9.17) is 14.2 Å². The van der Waals surface area contributed by atoms with Gasteiger partial charge in [-0.15, -0.1) is 11.8 Å². The second kappa shape index (κ2) is 9.82. The number of hydrogen-bond donors (Lipinski definition) is 0. The van der Waals surface area contributed by atoms with Gasteiger partial charge >= 0.3 is 5.97 Å². The van der Waals surface area contributed by atoms with Crippen LogP contribution < -0.4 is 9.47 Å². The maximum Gasteiger partial charge on any atom is 0.341 e. The maximum atomic E-state index is 12.0. The summed E-state index contributed by atoms with van der Waals surface area (Å²) in [6.07, 6.45) is 4.49. The van der Waals surface area contributed by atoms with E-state index >= 15 is 0 Å². The van der Waals surface area contributed by atoms with Crippen molar-refractivity contribution in [3.8, 4) is 11.5 Å². The Morgan fingerprint density at radius 3 is 2.33 bits per heavy atom. The van der Waals surface area contributed by atoms with Crippen LogP contribution in [0.2, 0.25) is 0 Å². The van der Waals surface area contributed by atoms with Gasteiger partial charge < -0.3 is 14.2 Å². The molecule has 0 atom stereocenters. The number of esters is 1. The summed E-state index contributed by atoms with van der Waals surface area (Å²) >= 11 is 1.41. The summed E-state index contributed by atoms with van der Waals surface area (Å²) < 4.78 is 16.3. The lowest BCUT2D eigenvalue weighted by molar-refractivity contribution is 0.0445. The SMILES string of the molecule is CCCOc1ccc(OCCOC(=O)c2cccnc2SC)cc1. The molecule has 0 aliphatic carbocycles. The lowest BCUT2D eigenvalue weighted by Gasteiger charge is -2.09. The topological polar surface area (TPSA) is 57.7 Å². The Labute approximate surface area is 146 Å². The molecule has 5 nitrogen and oxygen atoms in total. The molecule has 0 fully saturated rings. The van der Waals surface area contributed by atoms with Crippen LogP contribution in [0.1, 0.15) is 23.7 Å². The summed E-state index contributed by atoms with van der Waals surface area (Å²) in [5.41, 5.74) is 0.474. The van der Waals surface area contributed by atoms with Crippen LogP contribution in [-0.4, -0.2) is 37.0 Å².